The van der Waals surface area contributed by atoms with Crippen LogP contribution in [0.25, 0.3) is 0 Å². The van der Waals surface area contributed by atoms with Gasteiger partial charge in [0.15, 0.2) is 0 Å². The zero-order valence-corrected chi connectivity index (χ0v) is 13.6. The van der Waals surface area contributed by atoms with Crippen LogP contribution in [0.4, 0.5) is 5.69 Å². The van der Waals surface area contributed by atoms with Gasteiger partial charge in [0.05, 0.1) is 0 Å². The highest BCUT2D eigenvalue weighted by atomic mass is 35.5. The Bertz CT molecular complexity index is 446. The van der Waals surface area contributed by atoms with Crippen molar-refractivity contribution in [2.45, 2.75) is 32.7 Å². The lowest BCUT2D eigenvalue weighted by molar-refractivity contribution is 0.128. The van der Waals surface area contributed by atoms with Crippen molar-refractivity contribution in [3.05, 3.63) is 28.8 Å². The molecule has 0 radical (unpaired) electrons. The first-order valence-corrected chi connectivity index (χ1v) is 7.78. The number of rotatable bonds is 3. The summed E-state index contributed by atoms with van der Waals surface area (Å²) in [7, 11) is 0. The molecule has 4 heteroatoms. The number of benzene rings is 1. The van der Waals surface area contributed by atoms with Crippen LogP contribution in [0.3, 0.4) is 0 Å². The Morgan fingerprint density at radius 2 is 1.80 bits per heavy atom. The summed E-state index contributed by atoms with van der Waals surface area (Å²) in [4.78, 5) is 4.98. The van der Waals surface area contributed by atoms with E-state index >= 15 is 0 Å². The maximum absolute atomic E-state index is 6.34. The van der Waals surface area contributed by atoms with Crippen LogP contribution in [0.1, 0.15) is 26.3 Å². The monoisotopic (exact) mass is 295 g/mol. The van der Waals surface area contributed by atoms with E-state index in [1.807, 2.05) is 12.1 Å². The van der Waals surface area contributed by atoms with E-state index < -0.39 is 0 Å². The standard InChI is InChI=1S/C16H26ClN3/c1-16(2,3)20-11-9-19(10-12-20)15-6-4-5-14(17)13(15)7-8-18/h4-6H,7-12,18H2,1-3H3. The highest BCUT2D eigenvalue weighted by molar-refractivity contribution is 6.31. The highest BCUT2D eigenvalue weighted by Crippen LogP contribution is 2.29. The van der Waals surface area contributed by atoms with Gasteiger partial charge >= 0.3 is 0 Å². The SMILES string of the molecule is CC(C)(C)N1CCN(c2cccc(Cl)c2CCN)CC1. The zero-order chi connectivity index (χ0) is 14.8. The van der Waals surface area contributed by atoms with Crippen LogP contribution in [0, 0.1) is 0 Å². The fourth-order valence-electron chi connectivity index (χ4n) is 2.85. The van der Waals surface area contributed by atoms with Crippen molar-refractivity contribution in [2.24, 2.45) is 5.73 Å². The summed E-state index contributed by atoms with van der Waals surface area (Å²) in [5.41, 5.74) is 8.43. The van der Waals surface area contributed by atoms with Gasteiger partial charge < -0.3 is 10.6 Å². The number of anilines is 1. The van der Waals surface area contributed by atoms with Gasteiger partial charge in [-0.25, -0.2) is 0 Å². The Kier molecular flexibility index (Phi) is 4.95. The molecule has 0 aromatic heterocycles. The molecule has 112 valence electrons. The molecule has 1 fully saturated rings. The summed E-state index contributed by atoms with van der Waals surface area (Å²) < 4.78 is 0. The number of hydrogen-bond acceptors (Lipinski definition) is 3. The molecule has 1 saturated heterocycles. The van der Waals surface area contributed by atoms with E-state index in [9.17, 15) is 0 Å². The fourth-order valence-corrected chi connectivity index (χ4v) is 3.12. The van der Waals surface area contributed by atoms with E-state index in [0.29, 0.717) is 6.54 Å². The molecule has 20 heavy (non-hydrogen) atoms. The van der Waals surface area contributed by atoms with Gasteiger partial charge in [0, 0.05) is 42.4 Å². The van der Waals surface area contributed by atoms with Crippen molar-refractivity contribution in [3.63, 3.8) is 0 Å². The van der Waals surface area contributed by atoms with E-state index in [0.717, 1.165) is 37.6 Å². The molecular weight excluding hydrogens is 270 g/mol. The summed E-state index contributed by atoms with van der Waals surface area (Å²) in [5, 5.41) is 0.839. The van der Waals surface area contributed by atoms with Gasteiger partial charge in [-0.3, -0.25) is 4.90 Å². The molecule has 1 aliphatic heterocycles. The number of nitrogens with zero attached hydrogens (tertiary/aromatic N) is 2. The predicted molar refractivity (Wildman–Crippen MR) is 87.7 cm³/mol. The van der Waals surface area contributed by atoms with Gasteiger partial charge in [-0.15, -0.1) is 0 Å². The molecule has 1 heterocycles. The third-order valence-electron chi connectivity index (χ3n) is 4.06. The van der Waals surface area contributed by atoms with Crippen LogP contribution in [-0.2, 0) is 6.42 Å². The minimum absolute atomic E-state index is 0.251. The lowest BCUT2D eigenvalue weighted by Gasteiger charge is -2.43. The predicted octanol–water partition coefficient (Wildman–Crippen LogP) is 2.76. The third kappa shape index (κ3) is 3.46. The molecule has 0 saturated carbocycles. The lowest BCUT2D eigenvalue weighted by atomic mass is 10.0. The van der Waals surface area contributed by atoms with Crippen LogP contribution in [0.2, 0.25) is 5.02 Å². The first kappa shape index (κ1) is 15.6. The first-order chi connectivity index (χ1) is 9.43. The van der Waals surface area contributed by atoms with Gasteiger partial charge in [0.2, 0.25) is 0 Å². The van der Waals surface area contributed by atoms with Crippen molar-refractivity contribution in [1.82, 2.24) is 4.90 Å². The van der Waals surface area contributed by atoms with E-state index in [2.05, 4.69) is 36.6 Å². The summed E-state index contributed by atoms with van der Waals surface area (Å²) in [5.74, 6) is 0. The van der Waals surface area contributed by atoms with Crippen molar-refractivity contribution >= 4 is 17.3 Å². The Balaban J connectivity index is 2.13. The van der Waals surface area contributed by atoms with E-state index in [-0.39, 0.29) is 5.54 Å². The van der Waals surface area contributed by atoms with Gasteiger partial charge in [-0.2, -0.15) is 0 Å². The Labute approximate surface area is 127 Å². The summed E-state index contributed by atoms with van der Waals surface area (Å²) in [6, 6.07) is 6.17. The molecule has 3 nitrogen and oxygen atoms in total. The average molecular weight is 296 g/mol. The molecule has 1 aliphatic rings. The third-order valence-corrected chi connectivity index (χ3v) is 4.41. The maximum atomic E-state index is 6.34. The second kappa shape index (κ2) is 6.33. The molecule has 0 aliphatic carbocycles. The average Bonchev–Trinajstić information content (AvgIpc) is 2.40. The summed E-state index contributed by atoms with van der Waals surface area (Å²) in [6.45, 7) is 11.8. The second-order valence-corrected chi connectivity index (χ2v) is 6.83. The molecule has 2 N–H and O–H groups in total. The minimum atomic E-state index is 0.251. The fraction of sp³-hybridized carbons (Fsp3) is 0.625. The lowest BCUT2D eigenvalue weighted by Crippen LogP contribution is -2.53. The van der Waals surface area contributed by atoms with Crippen LogP contribution in [0.15, 0.2) is 18.2 Å². The Morgan fingerprint density at radius 1 is 1.15 bits per heavy atom. The molecule has 0 spiro atoms. The van der Waals surface area contributed by atoms with E-state index in [4.69, 9.17) is 17.3 Å². The smallest absolute Gasteiger partial charge is 0.0459 e. The quantitative estimate of drug-likeness (QED) is 0.931. The van der Waals surface area contributed by atoms with Crippen LogP contribution in [-0.4, -0.2) is 43.2 Å². The number of piperazine rings is 1. The normalized spacial score (nSPS) is 17.6. The maximum Gasteiger partial charge on any atom is 0.0459 e. The van der Waals surface area contributed by atoms with Crippen LogP contribution < -0.4 is 10.6 Å². The second-order valence-electron chi connectivity index (χ2n) is 6.42. The van der Waals surface area contributed by atoms with Crippen molar-refractivity contribution in [1.29, 1.82) is 0 Å². The van der Waals surface area contributed by atoms with Gasteiger partial charge in [0.25, 0.3) is 0 Å². The molecule has 1 aromatic rings. The zero-order valence-electron chi connectivity index (χ0n) is 12.8. The van der Waals surface area contributed by atoms with Crippen molar-refractivity contribution in [2.75, 3.05) is 37.6 Å². The van der Waals surface area contributed by atoms with Crippen LogP contribution in [0.5, 0.6) is 0 Å². The van der Waals surface area contributed by atoms with Crippen molar-refractivity contribution in [3.8, 4) is 0 Å². The topological polar surface area (TPSA) is 32.5 Å². The molecule has 1 aromatic carbocycles. The molecule has 2 rings (SSSR count). The van der Waals surface area contributed by atoms with E-state index in [1.54, 1.807) is 0 Å². The molecule has 0 atom stereocenters. The number of nitrogens with two attached hydrogens (primary N) is 1. The van der Waals surface area contributed by atoms with Crippen LogP contribution >= 0.6 is 11.6 Å². The number of halogens is 1. The first-order valence-electron chi connectivity index (χ1n) is 7.41. The molecule has 0 bridgehead atoms. The largest absolute Gasteiger partial charge is 0.369 e. The van der Waals surface area contributed by atoms with Gasteiger partial charge in [0.1, 0.15) is 0 Å². The number of hydrogen-bond donors (Lipinski definition) is 1. The molecule has 0 unspecified atom stereocenters. The Hall–Kier alpha value is -0.770. The van der Waals surface area contributed by atoms with E-state index in [1.165, 1.54) is 11.3 Å². The van der Waals surface area contributed by atoms with Gasteiger partial charge in [-0.05, 0) is 51.4 Å². The minimum Gasteiger partial charge on any atom is -0.369 e. The highest BCUT2D eigenvalue weighted by Gasteiger charge is 2.26. The summed E-state index contributed by atoms with van der Waals surface area (Å²) in [6.07, 6.45) is 0.842. The Morgan fingerprint density at radius 3 is 2.35 bits per heavy atom. The van der Waals surface area contributed by atoms with Gasteiger partial charge in [-0.1, -0.05) is 17.7 Å². The molecule has 0 amide bonds. The molecular formula is C16H26ClN3. The summed E-state index contributed by atoms with van der Waals surface area (Å²) >= 11 is 6.34. The van der Waals surface area contributed by atoms with Crippen molar-refractivity contribution < 1.29 is 0 Å².